The number of anilines is 1. The van der Waals surface area contributed by atoms with Gasteiger partial charge in [-0.2, -0.15) is 11.8 Å². The summed E-state index contributed by atoms with van der Waals surface area (Å²) < 4.78 is 16.5. The standard InChI is InChI=1S/C14H19NO3S/c15-12-8-14-13(17-5-6-18-14)7-10(12)9-19-11-1-3-16-4-2-11/h7-8,11H,1-6,9,15H2. The molecule has 0 bridgehead atoms. The summed E-state index contributed by atoms with van der Waals surface area (Å²) in [6, 6.07) is 3.91. The number of ether oxygens (including phenoxy) is 3. The van der Waals surface area contributed by atoms with E-state index in [-0.39, 0.29) is 0 Å². The van der Waals surface area contributed by atoms with Crippen LogP contribution in [0.4, 0.5) is 5.69 Å². The molecule has 0 spiro atoms. The molecule has 0 unspecified atom stereocenters. The minimum absolute atomic E-state index is 0.600. The van der Waals surface area contributed by atoms with Gasteiger partial charge in [0, 0.05) is 36.0 Å². The third kappa shape index (κ3) is 3.09. The summed E-state index contributed by atoms with van der Waals surface area (Å²) in [5.74, 6) is 2.51. The van der Waals surface area contributed by atoms with Gasteiger partial charge in [-0.15, -0.1) is 0 Å². The molecule has 1 fully saturated rings. The van der Waals surface area contributed by atoms with Gasteiger partial charge < -0.3 is 19.9 Å². The van der Waals surface area contributed by atoms with Gasteiger partial charge in [0.25, 0.3) is 0 Å². The lowest BCUT2D eigenvalue weighted by Crippen LogP contribution is -2.18. The quantitative estimate of drug-likeness (QED) is 0.863. The van der Waals surface area contributed by atoms with Crippen LogP contribution in [-0.2, 0) is 10.5 Å². The second-order valence-electron chi connectivity index (χ2n) is 4.82. The van der Waals surface area contributed by atoms with E-state index in [4.69, 9.17) is 19.9 Å². The molecular weight excluding hydrogens is 262 g/mol. The van der Waals surface area contributed by atoms with E-state index < -0.39 is 0 Å². The van der Waals surface area contributed by atoms with Gasteiger partial charge >= 0.3 is 0 Å². The zero-order valence-corrected chi connectivity index (χ0v) is 11.7. The number of thioether (sulfide) groups is 1. The molecule has 19 heavy (non-hydrogen) atoms. The fraction of sp³-hybridized carbons (Fsp3) is 0.571. The van der Waals surface area contributed by atoms with Crippen LogP contribution < -0.4 is 15.2 Å². The maximum Gasteiger partial charge on any atom is 0.163 e. The third-order valence-electron chi connectivity index (χ3n) is 3.45. The molecular formula is C14H19NO3S. The van der Waals surface area contributed by atoms with Gasteiger partial charge in [0.2, 0.25) is 0 Å². The van der Waals surface area contributed by atoms with Crippen LogP contribution in [0.3, 0.4) is 0 Å². The van der Waals surface area contributed by atoms with Gasteiger partial charge in [-0.05, 0) is 24.5 Å². The van der Waals surface area contributed by atoms with E-state index in [0.717, 1.165) is 54.6 Å². The number of nitrogens with two attached hydrogens (primary N) is 1. The molecule has 2 aliphatic rings. The maximum atomic E-state index is 6.09. The fourth-order valence-corrected chi connectivity index (χ4v) is 3.51. The van der Waals surface area contributed by atoms with E-state index in [0.29, 0.717) is 18.5 Å². The zero-order valence-electron chi connectivity index (χ0n) is 10.9. The number of benzene rings is 1. The van der Waals surface area contributed by atoms with E-state index in [1.54, 1.807) is 0 Å². The molecule has 0 atom stereocenters. The maximum absolute atomic E-state index is 6.09. The Labute approximate surface area is 117 Å². The van der Waals surface area contributed by atoms with Gasteiger partial charge in [-0.1, -0.05) is 0 Å². The van der Waals surface area contributed by atoms with Crippen LogP contribution in [0.15, 0.2) is 12.1 Å². The molecule has 5 heteroatoms. The number of fused-ring (bicyclic) bond motifs is 1. The first-order valence-electron chi connectivity index (χ1n) is 6.70. The Morgan fingerprint density at radius 1 is 1.05 bits per heavy atom. The Hall–Kier alpha value is -1.07. The molecule has 4 nitrogen and oxygen atoms in total. The van der Waals surface area contributed by atoms with E-state index in [2.05, 4.69) is 0 Å². The molecule has 104 valence electrons. The Balaban J connectivity index is 1.66. The van der Waals surface area contributed by atoms with Gasteiger partial charge in [-0.25, -0.2) is 0 Å². The Morgan fingerprint density at radius 2 is 1.74 bits per heavy atom. The monoisotopic (exact) mass is 281 g/mol. The topological polar surface area (TPSA) is 53.7 Å². The van der Waals surface area contributed by atoms with Gasteiger partial charge in [0.15, 0.2) is 11.5 Å². The van der Waals surface area contributed by atoms with Gasteiger partial charge in [0.1, 0.15) is 13.2 Å². The molecule has 1 aromatic carbocycles. The van der Waals surface area contributed by atoms with Crippen LogP contribution in [0.25, 0.3) is 0 Å². The molecule has 2 aliphatic heterocycles. The predicted molar refractivity (Wildman–Crippen MR) is 77.0 cm³/mol. The zero-order chi connectivity index (χ0) is 13.1. The second-order valence-corrected chi connectivity index (χ2v) is 6.11. The van der Waals surface area contributed by atoms with Crippen molar-refractivity contribution in [2.45, 2.75) is 23.8 Å². The normalized spacial score (nSPS) is 19.4. The summed E-state index contributed by atoms with van der Waals surface area (Å²) in [4.78, 5) is 0. The lowest BCUT2D eigenvalue weighted by atomic mass is 10.1. The van der Waals surface area contributed by atoms with Crippen LogP contribution in [0.1, 0.15) is 18.4 Å². The fourth-order valence-electron chi connectivity index (χ4n) is 2.32. The van der Waals surface area contributed by atoms with Crippen molar-refractivity contribution in [1.29, 1.82) is 0 Å². The second kappa shape index (κ2) is 5.92. The Bertz CT molecular complexity index is 447. The lowest BCUT2D eigenvalue weighted by molar-refractivity contribution is 0.1000. The van der Waals surface area contributed by atoms with Crippen LogP contribution in [0.5, 0.6) is 11.5 Å². The summed E-state index contributed by atoms with van der Waals surface area (Å²) in [5, 5.41) is 0.682. The number of rotatable bonds is 3. The average Bonchev–Trinajstić information content (AvgIpc) is 2.46. The van der Waals surface area contributed by atoms with Crippen molar-refractivity contribution in [2.75, 3.05) is 32.2 Å². The van der Waals surface area contributed by atoms with E-state index in [1.165, 1.54) is 0 Å². The van der Waals surface area contributed by atoms with E-state index in [9.17, 15) is 0 Å². The van der Waals surface area contributed by atoms with E-state index in [1.807, 2.05) is 23.9 Å². The molecule has 1 aromatic rings. The van der Waals surface area contributed by atoms with Crippen LogP contribution in [0.2, 0.25) is 0 Å². The molecule has 0 saturated carbocycles. The van der Waals surface area contributed by atoms with Crippen molar-refractivity contribution in [3.8, 4) is 11.5 Å². The largest absolute Gasteiger partial charge is 0.486 e. The molecule has 3 rings (SSSR count). The van der Waals surface area contributed by atoms with Crippen molar-refractivity contribution in [2.24, 2.45) is 0 Å². The molecule has 0 radical (unpaired) electrons. The highest BCUT2D eigenvalue weighted by atomic mass is 32.2. The lowest BCUT2D eigenvalue weighted by Gasteiger charge is -2.23. The molecule has 1 saturated heterocycles. The predicted octanol–water partition coefficient (Wildman–Crippen LogP) is 2.45. The van der Waals surface area contributed by atoms with Crippen molar-refractivity contribution in [3.05, 3.63) is 17.7 Å². The summed E-state index contributed by atoms with van der Waals surface area (Å²) in [6.45, 7) is 2.98. The summed E-state index contributed by atoms with van der Waals surface area (Å²) >= 11 is 1.96. The molecule has 0 amide bonds. The van der Waals surface area contributed by atoms with Gasteiger partial charge in [-0.3, -0.25) is 0 Å². The van der Waals surface area contributed by atoms with Crippen molar-refractivity contribution in [1.82, 2.24) is 0 Å². The summed E-state index contributed by atoms with van der Waals surface area (Å²) in [5.41, 5.74) is 8.02. The highest BCUT2D eigenvalue weighted by Crippen LogP contribution is 2.37. The molecule has 2 heterocycles. The summed E-state index contributed by atoms with van der Waals surface area (Å²) in [7, 11) is 0. The third-order valence-corrected chi connectivity index (χ3v) is 4.87. The minimum atomic E-state index is 0.600. The summed E-state index contributed by atoms with van der Waals surface area (Å²) in [6.07, 6.45) is 2.27. The highest BCUT2D eigenvalue weighted by Gasteiger charge is 2.17. The minimum Gasteiger partial charge on any atom is -0.486 e. The molecule has 2 N–H and O–H groups in total. The smallest absolute Gasteiger partial charge is 0.163 e. The highest BCUT2D eigenvalue weighted by molar-refractivity contribution is 7.99. The number of hydrogen-bond acceptors (Lipinski definition) is 5. The SMILES string of the molecule is Nc1cc2c(cc1CSC1CCOCC1)OCCO2. The van der Waals surface area contributed by atoms with Gasteiger partial charge in [0.05, 0.1) is 0 Å². The first-order chi connectivity index (χ1) is 9.33. The first kappa shape index (κ1) is 12.9. The van der Waals surface area contributed by atoms with Crippen molar-refractivity contribution >= 4 is 17.4 Å². The Morgan fingerprint density at radius 3 is 2.47 bits per heavy atom. The number of nitrogen functional groups attached to an aromatic ring is 1. The van der Waals surface area contributed by atoms with E-state index >= 15 is 0 Å². The number of hydrogen-bond donors (Lipinski definition) is 1. The van der Waals surface area contributed by atoms with Crippen LogP contribution in [-0.4, -0.2) is 31.7 Å². The van der Waals surface area contributed by atoms with Crippen molar-refractivity contribution < 1.29 is 14.2 Å². The molecule has 0 aliphatic carbocycles. The first-order valence-corrected chi connectivity index (χ1v) is 7.75. The average molecular weight is 281 g/mol. The van der Waals surface area contributed by atoms with Crippen LogP contribution >= 0.6 is 11.8 Å². The Kier molecular flexibility index (Phi) is 4.03. The van der Waals surface area contributed by atoms with Crippen molar-refractivity contribution in [3.63, 3.8) is 0 Å². The molecule has 0 aromatic heterocycles. The van der Waals surface area contributed by atoms with Crippen LogP contribution in [0, 0.1) is 0 Å².